The summed E-state index contributed by atoms with van der Waals surface area (Å²) in [5, 5.41) is 9.41. The molecule has 2 rings (SSSR count). The molecule has 0 aliphatic rings. The predicted octanol–water partition coefficient (Wildman–Crippen LogP) is 3.80. The molecule has 0 aliphatic heterocycles. The molecule has 0 spiro atoms. The fourth-order valence-corrected chi connectivity index (χ4v) is 2.55. The molecule has 0 atom stereocenters. The number of carbonyl (C=O) groups is 1. The fraction of sp³-hybridized carbons (Fsp3) is 0.190. The largest absolute Gasteiger partial charge is 0.496 e. The molecule has 2 aromatic carbocycles. The lowest BCUT2D eigenvalue weighted by Crippen LogP contribution is -1.94. The molecule has 0 bridgehead atoms. The second kappa shape index (κ2) is 8.85. The predicted molar refractivity (Wildman–Crippen MR) is 99.7 cm³/mol. The van der Waals surface area contributed by atoms with Gasteiger partial charge in [-0.3, -0.25) is 4.79 Å². The van der Waals surface area contributed by atoms with Crippen molar-refractivity contribution in [3.63, 3.8) is 0 Å². The van der Waals surface area contributed by atoms with Crippen LogP contribution in [-0.4, -0.2) is 25.1 Å². The maximum atomic E-state index is 12.2. The molecule has 0 fully saturated rings. The van der Waals surface area contributed by atoms with Gasteiger partial charge in [-0.15, -0.1) is 0 Å². The summed E-state index contributed by atoms with van der Waals surface area (Å²) in [6, 6.07) is 11.1. The first-order chi connectivity index (χ1) is 12.1. The van der Waals surface area contributed by atoms with E-state index in [-0.39, 0.29) is 12.4 Å². The van der Waals surface area contributed by atoms with Crippen molar-refractivity contribution in [3.8, 4) is 11.5 Å². The highest BCUT2D eigenvalue weighted by atomic mass is 16.5. The highest BCUT2D eigenvalue weighted by Gasteiger charge is 2.07. The average Bonchev–Trinajstić information content (AvgIpc) is 2.64. The molecular formula is C21H22O4. The minimum atomic E-state index is -0.167. The van der Waals surface area contributed by atoms with Crippen LogP contribution in [0.3, 0.4) is 0 Å². The fourth-order valence-electron chi connectivity index (χ4n) is 2.55. The maximum absolute atomic E-state index is 12.2. The molecule has 130 valence electrons. The van der Waals surface area contributed by atoms with Crippen LogP contribution >= 0.6 is 0 Å². The van der Waals surface area contributed by atoms with Crippen molar-refractivity contribution < 1.29 is 19.4 Å². The van der Waals surface area contributed by atoms with Gasteiger partial charge in [0.2, 0.25) is 0 Å². The van der Waals surface area contributed by atoms with E-state index in [2.05, 4.69) is 0 Å². The van der Waals surface area contributed by atoms with Crippen molar-refractivity contribution in [1.29, 1.82) is 0 Å². The Labute approximate surface area is 148 Å². The molecule has 0 aromatic heterocycles. The van der Waals surface area contributed by atoms with Crippen molar-refractivity contribution in [3.05, 3.63) is 70.8 Å². The van der Waals surface area contributed by atoms with E-state index in [0.29, 0.717) is 17.1 Å². The molecule has 0 heterocycles. The van der Waals surface area contributed by atoms with Gasteiger partial charge in [0.25, 0.3) is 0 Å². The van der Waals surface area contributed by atoms with Gasteiger partial charge in [0.15, 0.2) is 5.78 Å². The van der Waals surface area contributed by atoms with Gasteiger partial charge in [-0.05, 0) is 54.0 Å². The molecule has 4 nitrogen and oxygen atoms in total. The van der Waals surface area contributed by atoms with E-state index in [0.717, 1.165) is 16.7 Å². The number of benzene rings is 2. The number of allylic oxidation sites excluding steroid dienone is 2. The van der Waals surface area contributed by atoms with E-state index in [1.165, 1.54) is 12.2 Å². The number of hydrogen-bond donors (Lipinski definition) is 1. The van der Waals surface area contributed by atoms with Crippen molar-refractivity contribution in [1.82, 2.24) is 0 Å². The summed E-state index contributed by atoms with van der Waals surface area (Å²) in [6.07, 6.45) is 6.36. The first-order valence-electron chi connectivity index (χ1n) is 7.91. The van der Waals surface area contributed by atoms with Crippen LogP contribution in [0.1, 0.15) is 22.3 Å². The second-order valence-corrected chi connectivity index (χ2v) is 5.45. The topological polar surface area (TPSA) is 55.8 Å². The quantitative estimate of drug-likeness (QED) is 0.780. The third-order valence-corrected chi connectivity index (χ3v) is 3.88. The van der Waals surface area contributed by atoms with Crippen LogP contribution in [0.15, 0.2) is 48.6 Å². The van der Waals surface area contributed by atoms with Gasteiger partial charge in [0.05, 0.1) is 26.4 Å². The summed E-state index contributed by atoms with van der Waals surface area (Å²) in [7, 11) is 3.14. The van der Waals surface area contributed by atoms with Gasteiger partial charge in [-0.2, -0.15) is 0 Å². The number of methoxy groups -OCH3 is 2. The van der Waals surface area contributed by atoms with Gasteiger partial charge >= 0.3 is 0 Å². The van der Waals surface area contributed by atoms with Crippen LogP contribution in [0, 0.1) is 6.92 Å². The number of ether oxygens (including phenoxy) is 2. The van der Waals surface area contributed by atoms with Crippen LogP contribution in [0.5, 0.6) is 11.5 Å². The number of aliphatic hydroxyl groups excluding tert-OH is 1. The van der Waals surface area contributed by atoms with E-state index >= 15 is 0 Å². The highest BCUT2D eigenvalue weighted by Crippen LogP contribution is 2.29. The Kier molecular flexibility index (Phi) is 6.54. The molecular weight excluding hydrogens is 316 g/mol. The SMILES string of the molecule is COc1cccc(OC)c1/C=C/C(=O)/C=C/c1c(C)cccc1CO. The lowest BCUT2D eigenvalue weighted by molar-refractivity contribution is -0.110. The van der Waals surface area contributed by atoms with E-state index in [9.17, 15) is 9.90 Å². The average molecular weight is 338 g/mol. The third kappa shape index (κ3) is 4.58. The Balaban J connectivity index is 2.23. The normalized spacial score (nSPS) is 11.2. The third-order valence-electron chi connectivity index (χ3n) is 3.88. The Bertz CT molecular complexity index is 781. The number of hydrogen-bond acceptors (Lipinski definition) is 4. The van der Waals surface area contributed by atoms with Gasteiger partial charge in [0, 0.05) is 0 Å². The number of carbonyl (C=O) groups excluding carboxylic acids is 1. The standard InChI is InChI=1S/C21H22O4/c1-15-6-4-7-16(14-22)18(15)12-10-17(23)11-13-19-20(24-2)8-5-9-21(19)25-3/h4-13,22H,14H2,1-3H3/b12-10+,13-11+. The lowest BCUT2D eigenvalue weighted by atomic mass is 10.0. The number of ketones is 1. The summed E-state index contributed by atoms with van der Waals surface area (Å²) < 4.78 is 10.6. The van der Waals surface area contributed by atoms with E-state index < -0.39 is 0 Å². The monoisotopic (exact) mass is 338 g/mol. The van der Waals surface area contributed by atoms with Crippen LogP contribution in [0.25, 0.3) is 12.2 Å². The lowest BCUT2D eigenvalue weighted by Gasteiger charge is -2.09. The van der Waals surface area contributed by atoms with Crippen molar-refractivity contribution >= 4 is 17.9 Å². The number of aryl methyl sites for hydroxylation is 1. The number of aliphatic hydroxyl groups is 1. The van der Waals surface area contributed by atoms with Gasteiger partial charge in [0.1, 0.15) is 11.5 Å². The zero-order valence-corrected chi connectivity index (χ0v) is 14.7. The first-order valence-corrected chi connectivity index (χ1v) is 7.91. The Hall–Kier alpha value is -2.85. The van der Waals surface area contributed by atoms with Crippen molar-refractivity contribution in [2.75, 3.05) is 14.2 Å². The molecule has 0 saturated heterocycles. The minimum absolute atomic E-state index is 0.0657. The number of rotatable bonds is 7. The Morgan fingerprint density at radius 3 is 2.08 bits per heavy atom. The van der Waals surface area contributed by atoms with Crippen LogP contribution in [0.4, 0.5) is 0 Å². The summed E-state index contributed by atoms with van der Waals surface area (Å²) in [6.45, 7) is 1.88. The molecule has 0 aliphatic carbocycles. The van der Waals surface area contributed by atoms with Crippen LogP contribution in [-0.2, 0) is 11.4 Å². The van der Waals surface area contributed by atoms with Crippen molar-refractivity contribution in [2.24, 2.45) is 0 Å². The summed E-state index contributed by atoms with van der Waals surface area (Å²) in [5.74, 6) is 1.10. The highest BCUT2D eigenvalue weighted by molar-refractivity contribution is 6.05. The van der Waals surface area contributed by atoms with E-state index in [1.807, 2.05) is 43.3 Å². The van der Waals surface area contributed by atoms with Gasteiger partial charge in [-0.1, -0.05) is 30.3 Å². The van der Waals surface area contributed by atoms with Crippen molar-refractivity contribution in [2.45, 2.75) is 13.5 Å². The Morgan fingerprint density at radius 2 is 1.52 bits per heavy atom. The summed E-state index contributed by atoms with van der Waals surface area (Å²) in [4.78, 5) is 12.2. The van der Waals surface area contributed by atoms with Gasteiger partial charge in [-0.25, -0.2) is 0 Å². The zero-order chi connectivity index (χ0) is 18.2. The molecule has 4 heteroatoms. The van der Waals surface area contributed by atoms with E-state index in [1.54, 1.807) is 26.4 Å². The summed E-state index contributed by atoms with van der Waals surface area (Å²) in [5.41, 5.74) is 3.37. The van der Waals surface area contributed by atoms with Crippen LogP contribution < -0.4 is 9.47 Å². The maximum Gasteiger partial charge on any atom is 0.178 e. The Morgan fingerprint density at radius 1 is 0.960 bits per heavy atom. The van der Waals surface area contributed by atoms with Crippen LogP contribution in [0.2, 0.25) is 0 Å². The zero-order valence-electron chi connectivity index (χ0n) is 14.7. The molecule has 0 unspecified atom stereocenters. The minimum Gasteiger partial charge on any atom is -0.496 e. The first kappa shape index (κ1) is 18.5. The molecule has 1 N–H and O–H groups in total. The van der Waals surface area contributed by atoms with Gasteiger partial charge < -0.3 is 14.6 Å². The second-order valence-electron chi connectivity index (χ2n) is 5.45. The smallest absolute Gasteiger partial charge is 0.178 e. The van der Waals surface area contributed by atoms with E-state index in [4.69, 9.17) is 9.47 Å². The molecule has 25 heavy (non-hydrogen) atoms. The summed E-state index contributed by atoms with van der Waals surface area (Å²) >= 11 is 0. The molecule has 0 radical (unpaired) electrons. The molecule has 0 amide bonds. The molecule has 2 aromatic rings. The molecule has 0 saturated carbocycles.